The van der Waals surface area contributed by atoms with Crippen LogP contribution in [0.25, 0.3) is 0 Å². The zero-order valence-electron chi connectivity index (χ0n) is 12.3. The Labute approximate surface area is 132 Å². The SMILES string of the molecule is CCCCC1CCC(N)(Cc2c(Cl)cccc2Cl)CC1. The normalized spacial score (nSPS) is 26.7. The minimum atomic E-state index is -0.128. The number of unbranched alkanes of at least 4 members (excludes halogenated alkanes) is 1. The second kappa shape index (κ2) is 7.15. The summed E-state index contributed by atoms with van der Waals surface area (Å²) in [5, 5.41) is 1.49. The predicted molar refractivity (Wildman–Crippen MR) is 88.6 cm³/mol. The summed E-state index contributed by atoms with van der Waals surface area (Å²) in [5.41, 5.74) is 7.49. The van der Waals surface area contributed by atoms with Crippen LogP contribution >= 0.6 is 23.2 Å². The second-order valence-corrected chi connectivity index (χ2v) is 7.14. The first-order chi connectivity index (χ1) is 9.54. The van der Waals surface area contributed by atoms with E-state index in [1.54, 1.807) is 0 Å². The van der Waals surface area contributed by atoms with Crippen molar-refractivity contribution in [2.75, 3.05) is 0 Å². The molecule has 0 bridgehead atoms. The minimum absolute atomic E-state index is 0.128. The molecule has 1 aromatic carbocycles. The van der Waals surface area contributed by atoms with Gasteiger partial charge in [0, 0.05) is 15.6 Å². The second-order valence-electron chi connectivity index (χ2n) is 6.32. The van der Waals surface area contributed by atoms with Gasteiger partial charge in [0.1, 0.15) is 0 Å². The van der Waals surface area contributed by atoms with Crippen molar-refractivity contribution in [1.82, 2.24) is 0 Å². The highest BCUT2D eigenvalue weighted by Crippen LogP contribution is 2.37. The van der Waals surface area contributed by atoms with Crippen molar-refractivity contribution < 1.29 is 0 Å². The van der Waals surface area contributed by atoms with Crippen molar-refractivity contribution in [3.8, 4) is 0 Å². The maximum Gasteiger partial charge on any atom is 0.0453 e. The number of rotatable bonds is 5. The van der Waals surface area contributed by atoms with Gasteiger partial charge in [-0.2, -0.15) is 0 Å². The topological polar surface area (TPSA) is 26.0 Å². The smallest absolute Gasteiger partial charge is 0.0453 e. The van der Waals surface area contributed by atoms with Gasteiger partial charge in [-0.25, -0.2) is 0 Å². The summed E-state index contributed by atoms with van der Waals surface area (Å²) in [6.07, 6.45) is 9.46. The maximum absolute atomic E-state index is 6.60. The van der Waals surface area contributed by atoms with Crippen molar-refractivity contribution in [2.45, 2.75) is 63.8 Å². The molecular formula is C17H25Cl2N. The van der Waals surface area contributed by atoms with Crippen molar-refractivity contribution in [1.29, 1.82) is 0 Å². The highest BCUT2D eigenvalue weighted by molar-refractivity contribution is 6.36. The lowest BCUT2D eigenvalue weighted by molar-refractivity contribution is 0.221. The Balaban J connectivity index is 1.96. The standard InChI is InChI=1S/C17H25Cl2N/c1-2-3-5-13-8-10-17(20,11-9-13)12-14-15(18)6-4-7-16(14)19/h4,6-7,13H,2-3,5,8-12,20H2,1H3. The summed E-state index contributed by atoms with van der Waals surface area (Å²) >= 11 is 12.5. The van der Waals surface area contributed by atoms with Gasteiger partial charge in [-0.15, -0.1) is 0 Å². The van der Waals surface area contributed by atoms with E-state index in [1.807, 2.05) is 18.2 Å². The van der Waals surface area contributed by atoms with Crippen LogP contribution in [0.4, 0.5) is 0 Å². The van der Waals surface area contributed by atoms with Gasteiger partial charge < -0.3 is 5.73 Å². The molecule has 112 valence electrons. The van der Waals surface area contributed by atoms with E-state index in [1.165, 1.54) is 32.1 Å². The Morgan fingerprint density at radius 2 is 1.80 bits per heavy atom. The van der Waals surface area contributed by atoms with Gasteiger partial charge in [0.25, 0.3) is 0 Å². The molecule has 2 rings (SSSR count). The van der Waals surface area contributed by atoms with Gasteiger partial charge in [0.2, 0.25) is 0 Å². The molecule has 1 nitrogen and oxygen atoms in total. The largest absolute Gasteiger partial charge is 0.325 e. The van der Waals surface area contributed by atoms with Gasteiger partial charge in [-0.3, -0.25) is 0 Å². The monoisotopic (exact) mass is 313 g/mol. The van der Waals surface area contributed by atoms with E-state index in [2.05, 4.69) is 6.92 Å². The molecule has 1 aliphatic carbocycles. The molecule has 0 heterocycles. The molecule has 0 unspecified atom stereocenters. The van der Waals surface area contributed by atoms with Crippen molar-refractivity contribution in [3.63, 3.8) is 0 Å². The molecule has 0 radical (unpaired) electrons. The molecule has 0 aliphatic heterocycles. The molecule has 0 amide bonds. The Morgan fingerprint density at radius 1 is 1.20 bits per heavy atom. The van der Waals surface area contributed by atoms with Crippen LogP contribution in [0, 0.1) is 5.92 Å². The fourth-order valence-electron chi connectivity index (χ4n) is 3.26. The van der Waals surface area contributed by atoms with Crippen molar-refractivity contribution in [3.05, 3.63) is 33.8 Å². The average molecular weight is 314 g/mol. The Morgan fingerprint density at radius 3 is 2.35 bits per heavy atom. The summed E-state index contributed by atoms with van der Waals surface area (Å²) < 4.78 is 0. The number of halogens is 2. The number of benzene rings is 1. The summed E-state index contributed by atoms with van der Waals surface area (Å²) in [6.45, 7) is 2.26. The summed E-state index contributed by atoms with van der Waals surface area (Å²) in [4.78, 5) is 0. The molecule has 3 heteroatoms. The molecule has 1 aliphatic rings. The van der Waals surface area contributed by atoms with Crippen LogP contribution in [-0.4, -0.2) is 5.54 Å². The summed E-state index contributed by atoms with van der Waals surface area (Å²) in [6, 6.07) is 5.69. The van der Waals surface area contributed by atoms with E-state index < -0.39 is 0 Å². The van der Waals surface area contributed by atoms with Crippen LogP contribution in [-0.2, 0) is 6.42 Å². The number of hydrogen-bond donors (Lipinski definition) is 1. The third-order valence-corrected chi connectivity index (χ3v) is 5.37. The third-order valence-electron chi connectivity index (χ3n) is 4.66. The van der Waals surface area contributed by atoms with Crippen LogP contribution in [0.2, 0.25) is 10.0 Å². The molecule has 1 aromatic rings. The van der Waals surface area contributed by atoms with E-state index in [0.29, 0.717) is 0 Å². The Hall–Kier alpha value is -0.240. The molecule has 0 atom stereocenters. The van der Waals surface area contributed by atoms with Crippen molar-refractivity contribution in [2.24, 2.45) is 11.7 Å². The average Bonchev–Trinajstić information content (AvgIpc) is 2.43. The number of hydrogen-bond acceptors (Lipinski definition) is 1. The first-order valence-corrected chi connectivity index (χ1v) is 8.51. The fourth-order valence-corrected chi connectivity index (χ4v) is 3.80. The zero-order valence-corrected chi connectivity index (χ0v) is 13.8. The van der Waals surface area contributed by atoms with Crippen molar-refractivity contribution >= 4 is 23.2 Å². The highest BCUT2D eigenvalue weighted by Gasteiger charge is 2.32. The lowest BCUT2D eigenvalue weighted by Crippen LogP contribution is -2.45. The van der Waals surface area contributed by atoms with E-state index in [-0.39, 0.29) is 5.54 Å². The number of nitrogens with two attached hydrogens (primary N) is 1. The van der Waals surface area contributed by atoms with Gasteiger partial charge in [0.05, 0.1) is 0 Å². The quantitative estimate of drug-likeness (QED) is 0.750. The molecule has 1 saturated carbocycles. The van der Waals surface area contributed by atoms with Crippen LogP contribution in [0.1, 0.15) is 57.4 Å². The molecule has 2 N–H and O–H groups in total. The van der Waals surface area contributed by atoms with E-state index in [0.717, 1.165) is 40.8 Å². The minimum Gasteiger partial charge on any atom is -0.325 e. The van der Waals surface area contributed by atoms with Crippen LogP contribution in [0.15, 0.2) is 18.2 Å². The molecule has 1 fully saturated rings. The first-order valence-electron chi connectivity index (χ1n) is 7.76. The van der Waals surface area contributed by atoms with Crippen LogP contribution < -0.4 is 5.73 Å². The summed E-state index contributed by atoms with van der Waals surface area (Å²) in [7, 11) is 0. The van der Waals surface area contributed by atoms with Crippen LogP contribution in [0.5, 0.6) is 0 Å². The van der Waals surface area contributed by atoms with Crippen LogP contribution in [0.3, 0.4) is 0 Å². The molecule has 20 heavy (non-hydrogen) atoms. The molecule has 0 spiro atoms. The lowest BCUT2D eigenvalue weighted by Gasteiger charge is -2.38. The van der Waals surface area contributed by atoms with Gasteiger partial charge >= 0.3 is 0 Å². The fraction of sp³-hybridized carbons (Fsp3) is 0.647. The van der Waals surface area contributed by atoms with Gasteiger partial charge in [-0.05, 0) is 55.7 Å². The lowest BCUT2D eigenvalue weighted by atomic mass is 9.73. The van der Waals surface area contributed by atoms with Gasteiger partial charge in [-0.1, -0.05) is 55.5 Å². The highest BCUT2D eigenvalue weighted by atomic mass is 35.5. The first kappa shape index (κ1) is 16.1. The van der Waals surface area contributed by atoms with E-state index in [4.69, 9.17) is 28.9 Å². The van der Waals surface area contributed by atoms with Gasteiger partial charge in [0.15, 0.2) is 0 Å². The Bertz CT molecular complexity index is 416. The van der Waals surface area contributed by atoms with E-state index in [9.17, 15) is 0 Å². The molecule has 0 aromatic heterocycles. The third kappa shape index (κ3) is 4.13. The molecular weight excluding hydrogens is 289 g/mol. The summed E-state index contributed by atoms with van der Waals surface area (Å²) in [5.74, 6) is 0.869. The Kier molecular flexibility index (Phi) is 5.77. The maximum atomic E-state index is 6.60. The molecule has 0 saturated heterocycles. The predicted octanol–water partition coefficient (Wildman–Crippen LogP) is 5.61. The van der Waals surface area contributed by atoms with E-state index >= 15 is 0 Å². The zero-order chi connectivity index (χ0) is 14.6.